The minimum Gasteiger partial charge on any atom is -0.512 e. The lowest BCUT2D eigenvalue weighted by atomic mass is 9.48. The van der Waals surface area contributed by atoms with Crippen LogP contribution in [0.5, 0.6) is 0 Å². The summed E-state index contributed by atoms with van der Waals surface area (Å²) in [5.74, 6) is 0.222. The molecule has 0 spiro atoms. The van der Waals surface area contributed by atoms with Crippen molar-refractivity contribution in [1.29, 1.82) is 0 Å². The highest BCUT2D eigenvalue weighted by Crippen LogP contribution is 2.64. The van der Waals surface area contributed by atoms with Crippen molar-refractivity contribution in [3.8, 4) is 0 Å². The molecule has 106 valence electrons. The summed E-state index contributed by atoms with van der Waals surface area (Å²) in [7, 11) is 0. The van der Waals surface area contributed by atoms with Gasteiger partial charge in [0.25, 0.3) is 0 Å². The van der Waals surface area contributed by atoms with E-state index in [0.29, 0.717) is 25.7 Å². The van der Waals surface area contributed by atoms with E-state index in [1.807, 2.05) is 20.8 Å². The molecule has 2 N–H and O–H groups in total. The lowest BCUT2D eigenvalue weighted by Crippen LogP contribution is -2.65. The second kappa shape index (κ2) is 3.54. The average molecular weight is 266 g/mol. The Hall–Kier alpha value is -1.03. The van der Waals surface area contributed by atoms with Crippen LogP contribution in [-0.4, -0.2) is 27.4 Å². The molecule has 3 fully saturated rings. The molecule has 0 aromatic carbocycles. The Balaban J connectivity index is 1.84. The van der Waals surface area contributed by atoms with Crippen LogP contribution in [0.25, 0.3) is 0 Å². The highest BCUT2D eigenvalue weighted by atomic mass is 16.6. The third-order valence-electron chi connectivity index (χ3n) is 5.27. The Morgan fingerprint density at radius 1 is 1.47 bits per heavy atom. The van der Waals surface area contributed by atoms with Crippen LogP contribution in [0.15, 0.2) is 11.3 Å². The topological polar surface area (TPSA) is 66.8 Å². The van der Waals surface area contributed by atoms with E-state index in [2.05, 4.69) is 0 Å². The van der Waals surface area contributed by atoms with Gasteiger partial charge in [0.2, 0.25) is 0 Å². The summed E-state index contributed by atoms with van der Waals surface area (Å²) in [6.07, 6.45) is 2.97. The van der Waals surface area contributed by atoms with Crippen molar-refractivity contribution >= 4 is 5.97 Å². The molecule has 0 amide bonds. The third-order valence-corrected chi connectivity index (χ3v) is 5.27. The summed E-state index contributed by atoms with van der Waals surface area (Å²) >= 11 is 0. The molecule has 5 rings (SSSR count). The lowest BCUT2D eigenvalue weighted by Gasteiger charge is -2.62. The van der Waals surface area contributed by atoms with Crippen LogP contribution in [0.3, 0.4) is 0 Å². The predicted molar refractivity (Wildman–Crippen MR) is 69.5 cm³/mol. The van der Waals surface area contributed by atoms with Crippen molar-refractivity contribution in [3.05, 3.63) is 11.3 Å². The fourth-order valence-electron chi connectivity index (χ4n) is 3.90. The molecule has 0 aromatic heterocycles. The van der Waals surface area contributed by atoms with E-state index in [9.17, 15) is 15.0 Å². The van der Waals surface area contributed by atoms with Crippen LogP contribution >= 0.6 is 0 Å². The Bertz CT molecular complexity index is 479. The third kappa shape index (κ3) is 1.65. The van der Waals surface area contributed by atoms with Crippen LogP contribution in [0.2, 0.25) is 0 Å². The molecule has 19 heavy (non-hydrogen) atoms. The minimum absolute atomic E-state index is 0.199. The quantitative estimate of drug-likeness (QED) is 0.770. The summed E-state index contributed by atoms with van der Waals surface area (Å²) < 4.78 is 5.77. The average Bonchev–Trinajstić information content (AvgIpc) is 2.25. The molecule has 3 saturated carbocycles. The number of esters is 1. The van der Waals surface area contributed by atoms with Crippen LogP contribution in [0.4, 0.5) is 0 Å². The van der Waals surface area contributed by atoms with Crippen LogP contribution in [0, 0.1) is 11.3 Å². The summed E-state index contributed by atoms with van der Waals surface area (Å²) in [5, 5.41) is 20.5. The standard InChI is InChI=1S/C15H22O4/c1-4-13(2,3)12(17)19-14-5-9-6-15(18,8-14)11(9)10(16)7-14/h9,16,18H,4-8H2,1-3H3. The van der Waals surface area contributed by atoms with E-state index in [1.165, 1.54) is 0 Å². The SMILES string of the molecule is CCC(C)(C)C(=O)OC12CC(O)=C3C(C1)CC3(O)C2. The van der Waals surface area contributed by atoms with Crippen molar-refractivity contribution in [1.82, 2.24) is 0 Å². The van der Waals surface area contributed by atoms with Crippen LogP contribution in [-0.2, 0) is 9.53 Å². The molecule has 0 radical (unpaired) electrons. The zero-order valence-corrected chi connectivity index (χ0v) is 11.8. The smallest absolute Gasteiger partial charge is 0.312 e. The van der Waals surface area contributed by atoms with Crippen molar-refractivity contribution < 1.29 is 19.7 Å². The number of aliphatic hydroxyl groups is 2. The van der Waals surface area contributed by atoms with Gasteiger partial charge in [-0.15, -0.1) is 0 Å². The number of fused-ring (bicyclic) bond motifs is 1. The van der Waals surface area contributed by atoms with E-state index in [0.717, 1.165) is 12.0 Å². The Morgan fingerprint density at radius 3 is 2.68 bits per heavy atom. The van der Waals surface area contributed by atoms with Gasteiger partial charge in [0.1, 0.15) is 5.60 Å². The zero-order chi connectivity index (χ0) is 14.1. The number of hydrogen-bond acceptors (Lipinski definition) is 4. The lowest BCUT2D eigenvalue weighted by molar-refractivity contribution is -0.206. The molecule has 3 atom stereocenters. The summed E-state index contributed by atoms with van der Waals surface area (Å²) in [5.41, 5.74) is -1.31. The number of ether oxygens (including phenoxy) is 1. The zero-order valence-electron chi connectivity index (χ0n) is 11.8. The predicted octanol–water partition coefficient (Wildman–Crippen LogP) is 2.47. The molecule has 0 aromatic rings. The number of aliphatic hydroxyl groups excluding tert-OH is 1. The summed E-state index contributed by atoms with van der Waals surface area (Å²) in [6.45, 7) is 5.70. The molecule has 4 nitrogen and oxygen atoms in total. The molecule has 3 unspecified atom stereocenters. The summed E-state index contributed by atoms with van der Waals surface area (Å²) in [4.78, 5) is 12.3. The van der Waals surface area contributed by atoms with E-state index in [-0.39, 0.29) is 17.6 Å². The van der Waals surface area contributed by atoms with Gasteiger partial charge in [-0.25, -0.2) is 0 Å². The van der Waals surface area contributed by atoms with Crippen LogP contribution in [0.1, 0.15) is 52.9 Å². The maximum Gasteiger partial charge on any atom is 0.312 e. The number of carbonyl (C=O) groups excluding carboxylic acids is 1. The van der Waals surface area contributed by atoms with Gasteiger partial charge in [-0.2, -0.15) is 0 Å². The molecular formula is C15H22O4. The first-order valence-corrected chi connectivity index (χ1v) is 7.10. The largest absolute Gasteiger partial charge is 0.512 e. The van der Waals surface area contributed by atoms with Gasteiger partial charge >= 0.3 is 5.97 Å². The highest BCUT2D eigenvalue weighted by Gasteiger charge is 2.66. The first-order chi connectivity index (χ1) is 8.71. The number of hydrogen-bond donors (Lipinski definition) is 2. The van der Waals surface area contributed by atoms with Crippen molar-refractivity contribution in [3.63, 3.8) is 0 Å². The maximum absolute atomic E-state index is 12.3. The van der Waals surface area contributed by atoms with Crippen molar-refractivity contribution in [2.45, 2.75) is 64.1 Å². The van der Waals surface area contributed by atoms with Gasteiger partial charge in [0, 0.05) is 18.4 Å². The molecule has 5 aliphatic rings. The second-order valence-electron chi connectivity index (χ2n) is 7.16. The summed E-state index contributed by atoms with van der Waals surface area (Å²) in [6, 6.07) is 0. The molecule has 0 aliphatic heterocycles. The first-order valence-electron chi connectivity index (χ1n) is 7.10. The molecular weight excluding hydrogens is 244 g/mol. The van der Waals surface area contributed by atoms with E-state index in [4.69, 9.17) is 4.74 Å². The molecule has 4 heteroatoms. The monoisotopic (exact) mass is 266 g/mol. The number of rotatable bonds is 3. The Kier molecular flexibility index (Phi) is 2.42. The number of carbonyl (C=O) groups is 1. The highest BCUT2D eigenvalue weighted by molar-refractivity contribution is 5.76. The van der Waals surface area contributed by atoms with Gasteiger partial charge in [-0.3, -0.25) is 4.79 Å². The maximum atomic E-state index is 12.3. The van der Waals surface area contributed by atoms with Gasteiger partial charge in [-0.1, -0.05) is 6.92 Å². The fourth-order valence-corrected chi connectivity index (χ4v) is 3.90. The minimum atomic E-state index is -0.915. The molecule has 0 saturated heterocycles. The van der Waals surface area contributed by atoms with Gasteiger partial charge < -0.3 is 14.9 Å². The second-order valence-corrected chi connectivity index (χ2v) is 7.16. The first kappa shape index (κ1) is 13.0. The Labute approximate surface area is 113 Å². The fraction of sp³-hybridized carbons (Fsp3) is 0.800. The van der Waals surface area contributed by atoms with E-state index >= 15 is 0 Å². The van der Waals surface area contributed by atoms with E-state index < -0.39 is 16.6 Å². The molecule has 0 heterocycles. The normalized spacial score (nSPS) is 40.1. The van der Waals surface area contributed by atoms with Gasteiger partial charge in [0.15, 0.2) is 0 Å². The van der Waals surface area contributed by atoms with Crippen molar-refractivity contribution in [2.24, 2.45) is 11.3 Å². The Morgan fingerprint density at radius 2 is 2.16 bits per heavy atom. The molecule has 5 aliphatic carbocycles. The molecule has 4 bridgehead atoms. The van der Waals surface area contributed by atoms with E-state index in [1.54, 1.807) is 0 Å². The van der Waals surface area contributed by atoms with Gasteiger partial charge in [-0.05, 0) is 39.0 Å². The van der Waals surface area contributed by atoms with Crippen molar-refractivity contribution in [2.75, 3.05) is 0 Å². The van der Waals surface area contributed by atoms with Crippen LogP contribution < -0.4 is 0 Å². The van der Waals surface area contributed by atoms with Gasteiger partial charge in [0.05, 0.1) is 16.8 Å².